The molecule has 0 atom stereocenters. The predicted molar refractivity (Wildman–Crippen MR) is 121 cm³/mol. The molecule has 0 aliphatic heterocycles. The fraction of sp³-hybridized carbons (Fsp3) is 0.333. The number of hydrogen-bond donors (Lipinski definition) is 3. The van der Waals surface area contributed by atoms with E-state index in [0.29, 0.717) is 30.8 Å². The highest BCUT2D eigenvalue weighted by molar-refractivity contribution is 6.01. The molecule has 6 heteroatoms. The van der Waals surface area contributed by atoms with Crippen molar-refractivity contribution in [2.45, 2.75) is 33.7 Å². The minimum atomic E-state index is -0.194. The first-order chi connectivity index (χ1) is 14.4. The molecule has 0 saturated heterocycles. The minimum Gasteiger partial charge on any atom is -0.497 e. The fourth-order valence-electron chi connectivity index (χ4n) is 2.53. The molecule has 0 heterocycles. The van der Waals surface area contributed by atoms with Gasteiger partial charge in [-0.25, -0.2) is 0 Å². The van der Waals surface area contributed by atoms with Crippen molar-refractivity contribution < 1.29 is 19.4 Å². The van der Waals surface area contributed by atoms with E-state index in [9.17, 15) is 9.59 Å². The van der Waals surface area contributed by atoms with Crippen molar-refractivity contribution in [1.29, 1.82) is 0 Å². The van der Waals surface area contributed by atoms with Gasteiger partial charge >= 0.3 is 0 Å². The number of Topliss-reactive ketones (excluding diaryl/α,β-unsaturated/α-hetero) is 1. The van der Waals surface area contributed by atoms with Gasteiger partial charge in [-0.3, -0.25) is 9.59 Å². The predicted octanol–water partition coefficient (Wildman–Crippen LogP) is 3.96. The standard InChI is InChI=1S/C22H26N2O3.C2H6O/c1-16(2)13-22(26)24-19-6-4-5-18(14-19)21(25)11-12-23-15-17-7-9-20(27-3)10-8-17;1-2-3/h4-10,13-14,23H,11-12,15H2,1-3H3,(H,24,26);3H,2H2,1H3. The van der Waals surface area contributed by atoms with Gasteiger partial charge in [-0.05, 0) is 50.6 Å². The van der Waals surface area contributed by atoms with Crippen molar-refractivity contribution in [2.75, 3.05) is 25.6 Å². The van der Waals surface area contributed by atoms with Crippen LogP contribution in [0.1, 0.15) is 43.1 Å². The fourth-order valence-corrected chi connectivity index (χ4v) is 2.53. The summed E-state index contributed by atoms with van der Waals surface area (Å²) in [5, 5.41) is 13.6. The molecule has 0 fully saturated rings. The lowest BCUT2D eigenvalue weighted by Crippen LogP contribution is -2.18. The van der Waals surface area contributed by atoms with Crippen LogP contribution >= 0.6 is 0 Å². The summed E-state index contributed by atoms with van der Waals surface area (Å²) in [5.74, 6) is 0.668. The third-order valence-corrected chi connectivity index (χ3v) is 3.89. The first kappa shape index (κ1) is 25.1. The van der Waals surface area contributed by atoms with E-state index in [4.69, 9.17) is 9.84 Å². The van der Waals surface area contributed by atoms with Gasteiger partial charge in [0.15, 0.2) is 5.78 Å². The number of rotatable bonds is 9. The molecule has 2 aromatic carbocycles. The van der Waals surface area contributed by atoms with Crippen molar-refractivity contribution in [2.24, 2.45) is 0 Å². The van der Waals surface area contributed by atoms with Gasteiger partial charge in [0.2, 0.25) is 5.91 Å². The molecule has 0 saturated carbocycles. The van der Waals surface area contributed by atoms with Gasteiger partial charge in [0.25, 0.3) is 0 Å². The van der Waals surface area contributed by atoms with E-state index in [1.165, 1.54) is 6.08 Å². The van der Waals surface area contributed by atoms with Crippen LogP contribution in [-0.2, 0) is 11.3 Å². The number of carbonyl (C=O) groups excluding carboxylic acids is 2. The molecule has 30 heavy (non-hydrogen) atoms. The van der Waals surface area contributed by atoms with E-state index >= 15 is 0 Å². The van der Waals surface area contributed by atoms with E-state index < -0.39 is 0 Å². The van der Waals surface area contributed by atoms with E-state index in [1.807, 2.05) is 38.1 Å². The number of aliphatic hydroxyl groups excluding tert-OH is 1. The number of ketones is 1. The van der Waals surface area contributed by atoms with Crippen LogP contribution in [0.3, 0.4) is 0 Å². The molecule has 2 aromatic rings. The SMILES string of the molecule is CCO.COc1ccc(CNCCC(=O)c2cccc(NC(=O)C=C(C)C)c2)cc1. The Morgan fingerprint density at radius 2 is 1.77 bits per heavy atom. The van der Waals surface area contributed by atoms with Gasteiger partial charge in [0, 0.05) is 43.4 Å². The number of allylic oxidation sites excluding steroid dienone is 1. The Kier molecular flexibility index (Phi) is 11.8. The summed E-state index contributed by atoms with van der Waals surface area (Å²) < 4.78 is 5.13. The second-order valence-corrected chi connectivity index (χ2v) is 6.81. The van der Waals surface area contributed by atoms with Crippen molar-refractivity contribution in [3.63, 3.8) is 0 Å². The number of anilines is 1. The number of amides is 1. The van der Waals surface area contributed by atoms with Gasteiger partial charge in [0.1, 0.15) is 5.75 Å². The molecule has 0 aliphatic carbocycles. The first-order valence-corrected chi connectivity index (χ1v) is 9.93. The van der Waals surface area contributed by atoms with Crippen LogP contribution in [0.25, 0.3) is 0 Å². The molecule has 0 radical (unpaired) electrons. The number of aliphatic hydroxyl groups is 1. The molecule has 0 aliphatic rings. The maximum absolute atomic E-state index is 12.4. The summed E-state index contributed by atoms with van der Waals surface area (Å²) >= 11 is 0. The smallest absolute Gasteiger partial charge is 0.248 e. The topological polar surface area (TPSA) is 87.7 Å². The van der Waals surface area contributed by atoms with Gasteiger partial charge in [0.05, 0.1) is 7.11 Å². The third kappa shape index (κ3) is 10.0. The molecule has 0 unspecified atom stereocenters. The second-order valence-electron chi connectivity index (χ2n) is 6.81. The van der Waals surface area contributed by atoms with Crippen LogP contribution in [0.5, 0.6) is 5.75 Å². The highest BCUT2D eigenvalue weighted by Crippen LogP contribution is 2.13. The number of hydrogen-bond acceptors (Lipinski definition) is 5. The zero-order valence-corrected chi connectivity index (χ0v) is 18.2. The average Bonchev–Trinajstić information content (AvgIpc) is 2.71. The molecule has 0 aromatic heterocycles. The molecule has 0 spiro atoms. The first-order valence-electron chi connectivity index (χ1n) is 9.93. The lowest BCUT2D eigenvalue weighted by Gasteiger charge is -2.07. The number of benzene rings is 2. The monoisotopic (exact) mass is 412 g/mol. The molecule has 3 N–H and O–H groups in total. The van der Waals surface area contributed by atoms with Crippen molar-refractivity contribution in [3.8, 4) is 5.75 Å². The van der Waals surface area contributed by atoms with Crippen molar-refractivity contribution >= 4 is 17.4 Å². The minimum absolute atomic E-state index is 0.0375. The molecule has 162 valence electrons. The summed E-state index contributed by atoms with van der Waals surface area (Å²) in [4.78, 5) is 24.2. The summed E-state index contributed by atoms with van der Waals surface area (Å²) in [6.07, 6.45) is 1.92. The lowest BCUT2D eigenvalue weighted by atomic mass is 10.1. The van der Waals surface area contributed by atoms with Crippen LogP contribution < -0.4 is 15.4 Å². The van der Waals surface area contributed by atoms with Gasteiger partial charge in [-0.1, -0.05) is 29.8 Å². The van der Waals surface area contributed by atoms with Crippen LogP contribution in [-0.4, -0.2) is 37.1 Å². The van der Waals surface area contributed by atoms with E-state index in [2.05, 4.69) is 10.6 Å². The van der Waals surface area contributed by atoms with E-state index in [1.54, 1.807) is 38.3 Å². The van der Waals surface area contributed by atoms with Crippen LogP contribution in [0.15, 0.2) is 60.2 Å². The van der Waals surface area contributed by atoms with Crippen LogP contribution in [0.4, 0.5) is 5.69 Å². The maximum Gasteiger partial charge on any atom is 0.248 e. The van der Waals surface area contributed by atoms with Crippen molar-refractivity contribution in [3.05, 3.63) is 71.3 Å². The zero-order valence-electron chi connectivity index (χ0n) is 18.2. The largest absolute Gasteiger partial charge is 0.497 e. The van der Waals surface area contributed by atoms with Gasteiger partial charge < -0.3 is 20.5 Å². The third-order valence-electron chi connectivity index (χ3n) is 3.89. The Balaban J connectivity index is 0.00000141. The highest BCUT2D eigenvalue weighted by Gasteiger charge is 2.07. The molecule has 1 amide bonds. The molecular formula is C24H32N2O4. The lowest BCUT2D eigenvalue weighted by molar-refractivity contribution is -0.111. The van der Waals surface area contributed by atoms with Crippen LogP contribution in [0.2, 0.25) is 0 Å². The zero-order chi connectivity index (χ0) is 22.4. The Morgan fingerprint density at radius 3 is 2.37 bits per heavy atom. The normalized spacial score (nSPS) is 9.77. The second kappa shape index (κ2) is 14.1. The summed E-state index contributed by atoms with van der Waals surface area (Å²) in [7, 11) is 1.64. The van der Waals surface area contributed by atoms with Gasteiger partial charge in [-0.15, -0.1) is 0 Å². The number of methoxy groups -OCH3 is 1. The highest BCUT2D eigenvalue weighted by atomic mass is 16.5. The Labute approximate surface area is 179 Å². The Bertz CT molecular complexity index is 825. The average molecular weight is 413 g/mol. The molecule has 6 nitrogen and oxygen atoms in total. The molecule has 0 bridgehead atoms. The summed E-state index contributed by atoms with van der Waals surface area (Å²) in [6, 6.07) is 14.8. The summed E-state index contributed by atoms with van der Waals surface area (Å²) in [6.45, 7) is 6.92. The van der Waals surface area contributed by atoms with E-state index in [0.717, 1.165) is 16.9 Å². The Morgan fingerprint density at radius 1 is 1.10 bits per heavy atom. The van der Waals surface area contributed by atoms with Gasteiger partial charge in [-0.2, -0.15) is 0 Å². The number of ether oxygens (including phenoxy) is 1. The van der Waals surface area contributed by atoms with Crippen LogP contribution in [0, 0.1) is 0 Å². The van der Waals surface area contributed by atoms with Crippen molar-refractivity contribution in [1.82, 2.24) is 5.32 Å². The maximum atomic E-state index is 12.4. The quantitative estimate of drug-likeness (QED) is 0.330. The molecular weight excluding hydrogens is 380 g/mol. The number of carbonyl (C=O) groups is 2. The number of nitrogens with one attached hydrogen (secondary N) is 2. The molecule has 2 rings (SSSR count). The summed E-state index contributed by atoms with van der Waals surface area (Å²) in [5.41, 5.74) is 3.26. The Hall–Kier alpha value is -2.96. The van der Waals surface area contributed by atoms with E-state index in [-0.39, 0.29) is 18.3 Å².